The molecule has 0 saturated heterocycles. The molecule has 1 heterocycles. The Balaban J connectivity index is 1.95. The van der Waals surface area contributed by atoms with E-state index in [1.165, 1.54) is 11.8 Å². The van der Waals surface area contributed by atoms with Gasteiger partial charge in [-0.15, -0.1) is 0 Å². The molecule has 0 saturated carbocycles. The molecule has 0 aliphatic heterocycles. The summed E-state index contributed by atoms with van der Waals surface area (Å²) in [6.07, 6.45) is 4.11. The Bertz CT molecular complexity index is 1140. The standard InChI is InChI=1S/C22H22BrN3O4/c1-3-4-8-20-25-19-10-9-16(23)12-18(19)22(28)26(20)24-13-15-6-5-7-17(11-15)30-14-21(27)29-2/h5-7,9-13H,3-4,8,14H2,1-2H3. The monoisotopic (exact) mass is 471 g/mol. The van der Waals surface area contributed by atoms with Crippen LogP contribution in [0.4, 0.5) is 0 Å². The van der Waals surface area contributed by atoms with Crippen LogP contribution >= 0.6 is 15.9 Å². The molecule has 0 atom stereocenters. The molecule has 0 unspecified atom stereocenters. The van der Waals surface area contributed by atoms with Crippen molar-refractivity contribution in [1.82, 2.24) is 9.66 Å². The second-order valence-electron chi connectivity index (χ2n) is 6.59. The smallest absolute Gasteiger partial charge is 0.343 e. The van der Waals surface area contributed by atoms with Crippen molar-refractivity contribution < 1.29 is 14.3 Å². The maximum Gasteiger partial charge on any atom is 0.343 e. The second-order valence-corrected chi connectivity index (χ2v) is 7.51. The van der Waals surface area contributed by atoms with Gasteiger partial charge in [0, 0.05) is 10.9 Å². The molecule has 0 aliphatic rings. The molecule has 30 heavy (non-hydrogen) atoms. The molecule has 0 amide bonds. The van der Waals surface area contributed by atoms with Crippen molar-refractivity contribution >= 4 is 39.0 Å². The lowest BCUT2D eigenvalue weighted by atomic mass is 10.2. The zero-order chi connectivity index (χ0) is 21.5. The summed E-state index contributed by atoms with van der Waals surface area (Å²) in [5.74, 6) is 0.657. The highest BCUT2D eigenvalue weighted by molar-refractivity contribution is 9.10. The third-order valence-corrected chi connectivity index (χ3v) is 4.89. The van der Waals surface area contributed by atoms with E-state index in [0.29, 0.717) is 28.9 Å². The largest absolute Gasteiger partial charge is 0.482 e. The van der Waals surface area contributed by atoms with Gasteiger partial charge in [0.15, 0.2) is 6.61 Å². The Hall–Kier alpha value is -3.00. The zero-order valence-corrected chi connectivity index (χ0v) is 18.4. The Morgan fingerprint density at radius 3 is 2.87 bits per heavy atom. The van der Waals surface area contributed by atoms with Crippen LogP contribution in [0.1, 0.15) is 31.2 Å². The van der Waals surface area contributed by atoms with Gasteiger partial charge in [-0.2, -0.15) is 9.78 Å². The van der Waals surface area contributed by atoms with Crippen molar-refractivity contribution in [2.45, 2.75) is 26.2 Å². The molecule has 156 valence electrons. The summed E-state index contributed by atoms with van der Waals surface area (Å²) in [6, 6.07) is 12.5. The SMILES string of the molecule is CCCCc1nc2ccc(Br)cc2c(=O)n1N=Cc1cccc(OCC(=O)OC)c1. The van der Waals surface area contributed by atoms with Gasteiger partial charge in [-0.25, -0.2) is 9.78 Å². The zero-order valence-electron chi connectivity index (χ0n) is 16.8. The molecule has 0 aliphatic carbocycles. The molecule has 1 aromatic heterocycles. The Labute approximate surface area is 182 Å². The highest BCUT2D eigenvalue weighted by Crippen LogP contribution is 2.17. The highest BCUT2D eigenvalue weighted by atomic mass is 79.9. The van der Waals surface area contributed by atoms with E-state index in [1.54, 1.807) is 30.5 Å². The molecule has 0 spiro atoms. The summed E-state index contributed by atoms with van der Waals surface area (Å²) in [7, 11) is 1.30. The van der Waals surface area contributed by atoms with E-state index < -0.39 is 5.97 Å². The number of esters is 1. The quantitative estimate of drug-likeness (QED) is 0.367. The van der Waals surface area contributed by atoms with E-state index in [9.17, 15) is 9.59 Å². The lowest BCUT2D eigenvalue weighted by Crippen LogP contribution is -2.22. The number of hydrogen-bond acceptors (Lipinski definition) is 6. The number of carbonyl (C=O) groups excluding carboxylic acids is 1. The van der Waals surface area contributed by atoms with Crippen LogP contribution < -0.4 is 10.3 Å². The number of aromatic nitrogens is 2. The lowest BCUT2D eigenvalue weighted by Gasteiger charge is -2.09. The van der Waals surface area contributed by atoms with Gasteiger partial charge in [0.25, 0.3) is 5.56 Å². The number of nitrogens with zero attached hydrogens (tertiary/aromatic N) is 3. The molecule has 7 nitrogen and oxygen atoms in total. The van der Waals surface area contributed by atoms with Crippen molar-refractivity contribution in [3.8, 4) is 5.75 Å². The molecule has 2 aromatic carbocycles. The van der Waals surface area contributed by atoms with Crippen LogP contribution in [0.5, 0.6) is 5.75 Å². The van der Waals surface area contributed by atoms with Gasteiger partial charge in [-0.05, 0) is 42.3 Å². The van der Waals surface area contributed by atoms with Crippen molar-refractivity contribution in [2.75, 3.05) is 13.7 Å². The van der Waals surface area contributed by atoms with Crippen LogP contribution in [0.25, 0.3) is 10.9 Å². The molecule has 0 N–H and O–H groups in total. The number of fused-ring (bicyclic) bond motifs is 1. The molecule has 8 heteroatoms. The fourth-order valence-electron chi connectivity index (χ4n) is 2.82. The third kappa shape index (κ3) is 5.33. The number of ether oxygens (including phenoxy) is 2. The number of carbonyl (C=O) groups is 1. The van der Waals surface area contributed by atoms with Gasteiger partial charge in [0.1, 0.15) is 11.6 Å². The average Bonchev–Trinajstić information content (AvgIpc) is 2.76. The summed E-state index contributed by atoms with van der Waals surface area (Å²) in [4.78, 5) is 29.0. The highest BCUT2D eigenvalue weighted by Gasteiger charge is 2.11. The Morgan fingerprint density at radius 1 is 1.27 bits per heavy atom. The van der Waals surface area contributed by atoms with Gasteiger partial charge < -0.3 is 9.47 Å². The first kappa shape index (κ1) is 21.7. The Morgan fingerprint density at radius 2 is 2.10 bits per heavy atom. The van der Waals surface area contributed by atoms with E-state index >= 15 is 0 Å². The van der Waals surface area contributed by atoms with Crippen molar-refractivity contribution in [3.05, 3.63) is 68.7 Å². The first-order valence-corrected chi connectivity index (χ1v) is 10.4. The number of benzene rings is 2. The molecule has 0 radical (unpaired) electrons. The van der Waals surface area contributed by atoms with E-state index in [-0.39, 0.29) is 12.2 Å². The summed E-state index contributed by atoms with van der Waals surface area (Å²) in [6.45, 7) is 1.91. The number of rotatable bonds is 8. The van der Waals surface area contributed by atoms with Gasteiger partial charge >= 0.3 is 5.97 Å². The van der Waals surface area contributed by atoms with Crippen LogP contribution in [0.2, 0.25) is 0 Å². The van der Waals surface area contributed by atoms with Crippen molar-refractivity contribution in [1.29, 1.82) is 0 Å². The van der Waals surface area contributed by atoms with E-state index in [4.69, 9.17) is 4.74 Å². The fraction of sp³-hybridized carbons (Fsp3) is 0.273. The summed E-state index contributed by atoms with van der Waals surface area (Å²) in [5, 5.41) is 4.91. The number of aryl methyl sites for hydroxylation is 1. The minimum absolute atomic E-state index is 0.179. The van der Waals surface area contributed by atoms with Crippen LogP contribution in [0.3, 0.4) is 0 Å². The topological polar surface area (TPSA) is 82.8 Å². The fourth-order valence-corrected chi connectivity index (χ4v) is 3.18. The summed E-state index contributed by atoms with van der Waals surface area (Å²) < 4.78 is 12.1. The lowest BCUT2D eigenvalue weighted by molar-refractivity contribution is -0.142. The number of hydrogen-bond donors (Lipinski definition) is 0. The maximum atomic E-state index is 13.1. The normalized spacial score (nSPS) is 11.2. The first-order valence-electron chi connectivity index (χ1n) is 9.57. The van der Waals surface area contributed by atoms with Crippen LogP contribution in [0, 0.1) is 0 Å². The van der Waals surface area contributed by atoms with Crippen molar-refractivity contribution in [2.24, 2.45) is 5.10 Å². The Kier molecular flexibility index (Phi) is 7.35. The number of halogens is 1. The molecule has 3 aromatic rings. The first-order chi connectivity index (χ1) is 14.5. The minimum atomic E-state index is -0.463. The van der Waals surface area contributed by atoms with Gasteiger partial charge in [-0.1, -0.05) is 41.4 Å². The van der Waals surface area contributed by atoms with Crippen LogP contribution in [-0.2, 0) is 16.0 Å². The van der Waals surface area contributed by atoms with Crippen LogP contribution in [0.15, 0.2) is 56.8 Å². The van der Waals surface area contributed by atoms with E-state index in [1.807, 2.05) is 18.2 Å². The second kappa shape index (κ2) is 10.2. The number of unbranched alkanes of at least 4 members (excludes halogenated alkanes) is 1. The summed E-state index contributed by atoms with van der Waals surface area (Å²) in [5.41, 5.74) is 1.15. The average molecular weight is 472 g/mol. The van der Waals surface area contributed by atoms with Gasteiger partial charge in [0.05, 0.1) is 24.2 Å². The third-order valence-electron chi connectivity index (χ3n) is 4.39. The van der Waals surface area contributed by atoms with E-state index in [2.05, 4.69) is 37.7 Å². The minimum Gasteiger partial charge on any atom is -0.482 e. The molecule has 0 fully saturated rings. The molecule has 3 rings (SSSR count). The summed E-state index contributed by atoms with van der Waals surface area (Å²) >= 11 is 3.40. The predicted molar refractivity (Wildman–Crippen MR) is 119 cm³/mol. The van der Waals surface area contributed by atoms with Gasteiger partial charge in [-0.3, -0.25) is 4.79 Å². The van der Waals surface area contributed by atoms with Crippen molar-refractivity contribution in [3.63, 3.8) is 0 Å². The maximum absolute atomic E-state index is 13.1. The number of methoxy groups -OCH3 is 1. The van der Waals surface area contributed by atoms with E-state index in [0.717, 1.165) is 22.9 Å². The van der Waals surface area contributed by atoms with Crippen LogP contribution in [-0.4, -0.2) is 35.6 Å². The molecular weight excluding hydrogens is 450 g/mol. The van der Waals surface area contributed by atoms with Gasteiger partial charge in [0.2, 0.25) is 0 Å². The molecule has 0 bridgehead atoms. The predicted octanol–water partition coefficient (Wildman–Crippen LogP) is 3.94. The molecular formula is C22H22BrN3O4.